The number of hydrogen-bond donors (Lipinski definition) is 0. The van der Waals surface area contributed by atoms with E-state index in [1.165, 1.54) is 27.8 Å². The fraction of sp³-hybridized carbons (Fsp3) is 0.167. The van der Waals surface area contributed by atoms with Crippen molar-refractivity contribution in [1.29, 1.82) is 0 Å². The highest BCUT2D eigenvalue weighted by Crippen LogP contribution is 2.31. The molecule has 1 unspecified atom stereocenters. The van der Waals surface area contributed by atoms with Crippen LogP contribution in [0.1, 0.15) is 30.6 Å². The summed E-state index contributed by atoms with van der Waals surface area (Å²) in [5.74, 6) is 0. The van der Waals surface area contributed by atoms with Gasteiger partial charge in [-0.3, -0.25) is 0 Å². The van der Waals surface area contributed by atoms with Crippen LogP contribution in [0.25, 0.3) is 28.3 Å². The molecule has 3 aromatic rings. The summed E-state index contributed by atoms with van der Waals surface area (Å²) in [7, 11) is 1.76. The molecule has 1 heteroatoms. The number of benzene rings is 3. The maximum Gasteiger partial charge on any atom is 0.0818 e. The first-order valence-electron chi connectivity index (χ1n) is 8.71. The average molecular weight is 328 g/mol. The summed E-state index contributed by atoms with van der Waals surface area (Å²) in [4.78, 5) is 0. The molecule has 1 nitrogen and oxygen atoms in total. The highest BCUT2D eigenvalue weighted by molar-refractivity contribution is 5.77. The Bertz CT molecular complexity index is 828. The molecule has 0 amide bonds. The van der Waals surface area contributed by atoms with Crippen LogP contribution < -0.4 is 0 Å². The predicted octanol–water partition coefficient (Wildman–Crippen LogP) is 6.76. The topological polar surface area (TPSA) is 9.23 Å². The molecule has 25 heavy (non-hydrogen) atoms. The molecule has 0 saturated heterocycles. The molecule has 126 valence electrons. The highest BCUT2D eigenvalue weighted by atomic mass is 16.5. The Kier molecular flexibility index (Phi) is 5.47. The van der Waals surface area contributed by atoms with Gasteiger partial charge in [-0.1, -0.05) is 86.3 Å². The van der Waals surface area contributed by atoms with Crippen molar-refractivity contribution >= 4 is 6.08 Å². The van der Waals surface area contributed by atoms with Crippen molar-refractivity contribution in [1.82, 2.24) is 0 Å². The lowest BCUT2D eigenvalue weighted by atomic mass is 9.94. The Balaban J connectivity index is 1.95. The van der Waals surface area contributed by atoms with Gasteiger partial charge in [-0.25, -0.2) is 0 Å². The molecular formula is C24H24O. The van der Waals surface area contributed by atoms with E-state index in [1.807, 2.05) is 12.1 Å². The standard InChI is InChI=1S/C24H24O/c1-4-18-17-22(24(5-2)25-3)15-16-23(18)21-13-11-20(12-14-21)19-9-7-6-8-10-19/h4,6-17,24H,1,5H2,2-3H3. The Labute approximate surface area is 150 Å². The van der Waals surface area contributed by atoms with Crippen LogP contribution in [0.2, 0.25) is 0 Å². The van der Waals surface area contributed by atoms with Crippen molar-refractivity contribution < 1.29 is 4.74 Å². The zero-order valence-corrected chi connectivity index (χ0v) is 14.9. The third kappa shape index (κ3) is 3.72. The number of ether oxygens (including phenoxy) is 1. The summed E-state index contributed by atoms with van der Waals surface area (Å²) in [5.41, 5.74) is 7.20. The summed E-state index contributed by atoms with van der Waals surface area (Å²) >= 11 is 0. The Morgan fingerprint density at radius 3 is 2.12 bits per heavy atom. The van der Waals surface area contributed by atoms with Crippen LogP contribution in [0.4, 0.5) is 0 Å². The summed E-state index contributed by atoms with van der Waals surface area (Å²) in [6.07, 6.45) is 3.01. The fourth-order valence-corrected chi connectivity index (χ4v) is 3.22. The lowest BCUT2D eigenvalue weighted by molar-refractivity contribution is 0.100. The minimum atomic E-state index is 0.133. The maximum absolute atomic E-state index is 5.56. The summed E-state index contributed by atoms with van der Waals surface area (Å²) in [5, 5.41) is 0. The second-order valence-corrected chi connectivity index (χ2v) is 6.13. The van der Waals surface area contributed by atoms with Gasteiger partial charge in [-0.05, 0) is 45.9 Å². The lowest BCUT2D eigenvalue weighted by Crippen LogP contribution is -2.00. The molecule has 0 aliphatic heterocycles. The smallest absolute Gasteiger partial charge is 0.0818 e. The van der Waals surface area contributed by atoms with Gasteiger partial charge in [0.1, 0.15) is 0 Å². The number of rotatable bonds is 6. The zero-order valence-electron chi connectivity index (χ0n) is 14.9. The van der Waals surface area contributed by atoms with Crippen LogP contribution in [-0.2, 0) is 4.74 Å². The third-order valence-electron chi connectivity index (χ3n) is 4.63. The van der Waals surface area contributed by atoms with E-state index in [-0.39, 0.29) is 6.10 Å². The first-order chi connectivity index (χ1) is 12.3. The lowest BCUT2D eigenvalue weighted by Gasteiger charge is -2.16. The first kappa shape index (κ1) is 17.2. The highest BCUT2D eigenvalue weighted by Gasteiger charge is 2.11. The van der Waals surface area contributed by atoms with Gasteiger partial charge in [0, 0.05) is 7.11 Å². The van der Waals surface area contributed by atoms with Crippen LogP contribution >= 0.6 is 0 Å². The molecule has 0 saturated carbocycles. The van der Waals surface area contributed by atoms with Crippen LogP contribution in [0.15, 0.2) is 79.4 Å². The Hall–Kier alpha value is -2.64. The van der Waals surface area contributed by atoms with Gasteiger partial charge in [0.15, 0.2) is 0 Å². The zero-order chi connectivity index (χ0) is 17.6. The molecule has 0 spiro atoms. The molecule has 0 heterocycles. The molecule has 3 aromatic carbocycles. The average Bonchev–Trinajstić information content (AvgIpc) is 2.69. The van der Waals surface area contributed by atoms with E-state index in [0.29, 0.717) is 0 Å². The molecule has 0 aliphatic carbocycles. The molecule has 0 aromatic heterocycles. The predicted molar refractivity (Wildman–Crippen MR) is 107 cm³/mol. The third-order valence-corrected chi connectivity index (χ3v) is 4.63. The van der Waals surface area contributed by atoms with E-state index in [0.717, 1.165) is 12.0 Å². The van der Waals surface area contributed by atoms with Crippen LogP contribution in [-0.4, -0.2) is 7.11 Å². The van der Waals surface area contributed by atoms with Gasteiger partial charge in [-0.2, -0.15) is 0 Å². The molecule has 3 rings (SSSR count). The molecule has 0 fully saturated rings. The quantitative estimate of drug-likeness (QED) is 0.485. The van der Waals surface area contributed by atoms with Gasteiger partial charge >= 0.3 is 0 Å². The molecule has 1 atom stereocenters. The van der Waals surface area contributed by atoms with Crippen molar-refractivity contribution in [2.24, 2.45) is 0 Å². The van der Waals surface area contributed by atoms with Crippen LogP contribution in [0.3, 0.4) is 0 Å². The van der Waals surface area contributed by atoms with E-state index in [2.05, 4.69) is 80.2 Å². The van der Waals surface area contributed by atoms with Gasteiger partial charge in [-0.15, -0.1) is 0 Å². The van der Waals surface area contributed by atoms with Gasteiger partial charge < -0.3 is 4.74 Å². The largest absolute Gasteiger partial charge is 0.377 e. The number of methoxy groups -OCH3 is 1. The summed E-state index contributed by atoms with van der Waals surface area (Å²) < 4.78 is 5.56. The van der Waals surface area contributed by atoms with Crippen LogP contribution in [0, 0.1) is 0 Å². The minimum Gasteiger partial charge on any atom is -0.377 e. The first-order valence-corrected chi connectivity index (χ1v) is 8.71. The van der Waals surface area contributed by atoms with Crippen LogP contribution in [0.5, 0.6) is 0 Å². The van der Waals surface area contributed by atoms with E-state index in [1.54, 1.807) is 7.11 Å². The monoisotopic (exact) mass is 328 g/mol. The van der Waals surface area contributed by atoms with E-state index >= 15 is 0 Å². The van der Waals surface area contributed by atoms with Gasteiger partial charge in [0.05, 0.1) is 6.10 Å². The van der Waals surface area contributed by atoms with E-state index in [4.69, 9.17) is 4.74 Å². The second kappa shape index (κ2) is 7.96. The fourth-order valence-electron chi connectivity index (χ4n) is 3.22. The molecule has 0 bridgehead atoms. The van der Waals surface area contributed by atoms with Gasteiger partial charge in [0.25, 0.3) is 0 Å². The molecule has 0 N–H and O–H groups in total. The molecule has 0 aliphatic rings. The van der Waals surface area contributed by atoms with E-state index < -0.39 is 0 Å². The van der Waals surface area contributed by atoms with E-state index in [9.17, 15) is 0 Å². The molecular weight excluding hydrogens is 304 g/mol. The Morgan fingerprint density at radius 1 is 0.880 bits per heavy atom. The number of hydrogen-bond acceptors (Lipinski definition) is 1. The second-order valence-electron chi connectivity index (χ2n) is 6.13. The summed E-state index contributed by atoms with van der Waals surface area (Å²) in [6.45, 7) is 6.13. The summed E-state index contributed by atoms with van der Waals surface area (Å²) in [6, 6.07) is 25.7. The van der Waals surface area contributed by atoms with Crippen molar-refractivity contribution in [3.05, 3.63) is 90.5 Å². The molecule has 0 radical (unpaired) electrons. The van der Waals surface area contributed by atoms with Crippen molar-refractivity contribution in [3.8, 4) is 22.3 Å². The normalized spacial score (nSPS) is 11.9. The SMILES string of the molecule is C=Cc1cc(C(CC)OC)ccc1-c1ccc(-c2ccccc2)cc1. The van der Waals surface area contributed by atoms with Crippen molar-refractivity contribution in [2.45, 2.75) is 19.4 Å². The van der Waals surface area contributed by atoms with Crippen molar-refractivity contribution in [3.63, 3.8) is 0 Å². The van der Waals surface area contributed by atoms with Crippen molar-refractivity contribution in [2.75, 3.05) is 7.11 Å². The van der Waals surface area contributed by atoms with Gasteiger partial charge in [0.2, 0.25) is 0 Å². The Morgan fingerprint density at radius 2 is 1.52 bits per heavy atom. The minimum absolute atomic E-state index is 0.133. The maximum atomic E-state index is 5.56.